The van der Waals surface area contributed by atoms with Crippen LogP contribution in [0, 0.1) is 5.82 Å². The molecule has 1 unspecified atom stereocenters. The molecule has 1 saturated carbocycles. The molecule has 2 aromatic rings. The van der Waals surface area contributed by atoms with Gasteiger partial charge in [0, 0.05) is 25.6 Å². The van der Waals surface area contributed by atoms with Crippen molar-refractivity contribution in [3.8, 4) is 0 Å². The van der Waals surface area contributed by atoms with E-state index >= 15 is 0 Å². The molecule has 7 nitrogen and oxygen atoms in total. The maximum absolute atomic E-state index is 13.4. The van der Waals surface area contributed by atoms with Crippen LogP contribution in [0.15, 0.2) is 48.5 Å². The molecular weight excluding hydrogens is 449 g/mol. The number of hydrogen-bond acceptors (Lipinski definition) is 4. The number of carbonyl (C=O) groups excluding carboxylic acids is 4. The van der Waals surface area contributed by atoms with Crippen LogP contribution >= 0.6 is 0 Å². The third-order valence-corrected chi connectivity index (χ3v) is 6.79. The van der Waals surface area contributed by atoms with Crippen LogP contribution in [0.3, 0.4) is 0 Å². The average molecular weight is 480 g/mol. The van der Waals surface area contributed by atoms with E-state index in [2.05, 4.69) is 5.32 Å². The van der Waals surface area contributed by atoms with Crippen LogP contribution in [0.5, 0.6) is 0 Å². The molecular formula is C27H30FN3O4. The highest BCUT2D eigenvalue weighted by atomic mass is 19.1. The van der Waals surface area contributed by atoms with Gasteiger partial charge < -0.3 is 10.2 Å². The zero-order valence-corrected chi connectivity index (χ0v) is 19.8. The molecule has 0 radical (unpaired) electrons. The van der Waals surface area contributed by atoms with Crippen molar-refractivity contribution >= 4 is 23.6 Å². The minimum absolute atomic E-state index is 0.0651. The molecule has 1 atom stereocenters. The van der Waals surface area contributed by atoms with E-state index in [0.717, 1.165) is 25.7 Å². The number of carbonyl (C=O) groups is 4. The summed E-state index contributed by atoms with van der Waals surface area (Å²) in [6, 6.07) is 11.9. The SMILES string of the molecule is CC(C(=O)NC1CCCC1)N(Cc1ccc(F)cc1)C(=O)CCCN1C(=O)c2ccccc2C1=O. The highest BCUT2D eigenvalue weighted by Gasteiger charge is 2.35. The van der Waals surface area contributed by atoms with Crippen molar-refractivity contribution < 1.29 is 23.6 Å². The Morgan fingerprint density at radius 2 is 1.63 bits per heavy atom. The molecule has 0 aromatic heterocycles. The van der Waals surface area contributed by atoms with E-state index in [-0.39, 0.29) is 61.4 Å². The van der Waals surface area contributed by atoms with Gasteiger partial charge in [0.25, 0.3) is 11.8 Å². The van der Waals surface area contributed by atoms with Crippen molar-refractivity contribution in [3.05, 3.63) is 71.0 Å². The molecule has 184 valence electrons. The van der Waals surface area contributed by atoms with Gasteiger partial charge in [-0.15, -0.1) is 0 Å². The van der Waals surface area contributed by atoms with E-state index in [9.17, 15) is 23.6 Å². The summed E-state index contributed by atoms with van der Waals surface area (Å²) in [4.78, 5) is 54.0. The standard InChI is InChI=1S/C27H30FN3O4/c1-18(25(33)29-21-7-2-3-8-21)31(17-19-12-14-20(28)15-13-19)24(32)11-6-16-30-26(34)22-9-4-5-10-23(22)27(30)35/h4-5,9-10,12-15,18,21H,2-3,6-8,11,16-17H2,1H3,(H,29,33). The molecule has 0 bridgehead atoms. The summed E-state index contributed by atoms with van der Waals surface area (Å²) in [5.41, 5.74) is 1.46. The van der Waals surface area contributed by atoms with E-state index in [1.54, 1.807) is 43.3 Å². The molecule has 1 N–H and O–H groups in total. The van der Waals surface area contributed by atoms with Gasteiger partial charge >= 0.3 is 0 Å². The molecule has 0 spiro atoms. The first-order valence-corrected chi connectivity index (χ1v) is 12.1. The Labute approximate surface area is 204 Å². The van der Waals surface area contributed by atoms with Crippen LogP contribution < -0.4 is 5.32 Å². The van der Waals surface area contributed by atoms with Crippen molar-refractivity contribution in [2.24, 2.45) is 0 Å². The van der Waals surface area contributed by atoms with Gasteiger partial charge in [0.15, 0.2) is 0 Å². The Morgan fingerprint density at radius 1 is 1.03 bits per heavy atom. The summed E-state index contributed by atoms with van der Waals surface area (Å²) in [5.74, 6) is -1.57. The van der Waals surface area contributed by atoms with Crippen molar-refractivity contribution in [1.82, 2.24) is 15.1 Å². The van der Waals surface area contributed by atoms with E-state index < -0.39 is 6.04 Å². The third kappa shape index (κ3) is 5.58. The molecule has 8 heteroatoms. The summed E-state index contributed by atoms with van der Waals surface area (Å²) in [5, 5.41) is 3.04. The van der Waals surface area contributed by atoms with Crippen LogP contribution in [-0.4, -0.2) is 52.1 Å². The van der Waals surface area contributed by atoms with E-state index in [0.29, 0.717) is 16.7 Å². The Kier molecular flexibility index (Phi) is 7.58. The minimum atomic E-state index is -0.715. The zero-order chi connectivity index (χ0) is 24.9. The third-order valence-electron chi connectivity index (χ3n) is 6.79. The molecule has 1 fully saturated rings. The maximum atomic E-state index is 13.4. The van der Waals surface area contributed by atoms with E-state index in [4.69, 9.17) is 0 Å². The Balaban J connectivity index is 1.40. The van der Waals surface area contributed by atoms with Crippen molar-refractivity contribution in [2.75, 3.05) is 6.54 Å². The van der Waals surface area contributed by atoms with Gasteiger partial charge in [0.1, 0.15) is 11.9 Å². The number of imide groups is 1. The van der Waals surface area contributed by atoms with Crippen LogP contribution in [0.4, 0.5) is 4.39 Å². The first-order valence-electron chi connectivity index (χ1n) is 12.1. The lowest BCUT2D eigenvalue weighted by Gasteiger charge is -2.30. The topological polar surface area (TPSA) is 86.8 Å². The largest absolute Gasteiger partial charge is 0.352 e. The molecule has 1 heterocycles. The van der Waals surface area contributed by atoms with Gasteiger partial charge in [0.2, 0.25) is 11.8 Å². The normalized spacial score (nSPS) is 16.3. The Morgan fingerprint density at radius 3 is 2.23 bits per heavy atom. The first kappa shape index (κ1) is 24.6. The highest BCUT2D eigenvalue weighted by Crippen LogP contribution is 2.23. The second-order valence-corrected chi connectivity index (χ2v) is 9.23. The predicted octanol–water partition coefficient (Wildman–Crippen LogP) is 3.68. The van der Waals surface area contributed by atoms with Crippen molar-refractivity contribution in [1.29, 1.82) is 0 Å². The first-order chi connectivity index (χ1) is 16.8. The molecule has 2 aliphatic rings. The fourth-order valence-corrected chi connectivity index (χ4v) is 4.74. The summed E-state index contributed by atoms with van der Waals surface area (Å²) >= 11 is 0. The smallest absolute Gasteiger partial charge is 0.261 e. The zero-order valence-electron chi connectivity index (χ0n) is 19.8. The molecule has 2 aromatic carbocycles. The number of halogens is 1. The van der Waals surface area contributed by atoms with Crippen LogP contribution in [0.1, 0.15) is 71.7 Å². The van der Waals surface area contributed by atoms with Crippen molar-refractivity contribution in [3.63, 3.8) is 0 Å². The number of rotatable bonds is 9. The number of nitrogens with one attached hydrogen (secondary N) is 1. The number of benzene rings is 2. The predicted molar refractivity (Wildman–Crippen MR) is 128 cm³/mol. The molecule has 1 aliphatic carbocycles. The second-order valence-electron chi connectivity index (χ2n) is 9.23. The summed E-state index contributed by atoms with van der Waals surface area (Å²) in [7, 11) is 0. The second kappa shape index (κ2) is 10.8. The number of hydrogen-bond donors (Lipinski definition) is 1. The highest BCUT2D eigenvalue weighted by molar-refractivity contribution is 6.21. The molecule has 4 rings (SSSR count). The van der Waals surface area contributed by atoms with Gasteiger partial charge in [-0.2, -0.15) is 0 Å². The van der Waals surface area contributed by atoms with Crippen LogP contribution in [0.2, 0.25) is 0 Å². The molecule has 4 amide bonds. The lowest BCUT2D eigenvalue weighted by Crippen LogP contribution is -2.49. The lowest BCUT2D eigenvalue weighted by atomic mass is 10.1. The fraction of sp³-hybridized carbons (Fsp3) is 0.407. The Bertz CT molecular complexity index is 1080. The number of amides is 4. The summed E-state index contributed by atoms with van der Waals surface area (Å²) in [6.07, 6.45) is 4.37. The quantitative estimate of drug-likeness (QED) is 0.556. The Hall–Kier alpha value is -3.55. The van der Waals surface area contributed by atoms with Gasteiger partial charge in [-0.25, -0.2) is 4.39 Å². The molecule has 35 heavy (non-hydrogen) atoms. The number of nitrogens with zero attached hydrogens (tertiary/aromatic N) is 2. The van der Waals surface area contributed by atoms with Gasteiger partial charge in [-0.05, 0) is 56.0 Å². The fourth-order valence-electron chi connectivity index (χ4n) is 4.74. The monoisotopic (exact) mass is 479 g/mol. The average Bonchev–Trinajstić information content (AvgIpc) is 3.45. The summed E-state index contributed by atoms with van der Waals surface area (Å²) in [6.45, 7) is 1.96. The molecule has 1 aliphatic heterocycles. The molecule has 0 saturated heterocycles. The maximum Gasteiger partial charge on any atom is 0.261 e. The summed E-state index contributed by atoms with van der Waals surface area (Å²) < 4.78 is 13.4. The van der Waals surface area contributed by atoms with Crippen LogP contribution in [-0.2, 0) is 16.1 Å². The van der Waals surface area contributed by atoms with E-state index in [1.807, 2.05) is 0 Å². The van der Waals surface area contributed by atoms with Crippen molar-refractivity contribution in [2.45, 2.75) is 64.1 Å². The van der Waals surface area contributed by atoms with Gasteiger partial charge in [-0.3, -0.25) is 24.1 Å². The lowest BCUT2D eigenvalue weighted by molar-refractivity contribution is -0.141. The van der Waals surface area contributed by atoms with E-state index in [1.165, 1.54) is 21.9 Å². The number of fused-ring (bicyclic) bond motifs is 1. The minimum Gasteiger partial charge on any atom is -0.352 e. The van der Waals surface area contributed by atoms with Gasteiger partial charge in [0.05, 0.1) is 11.1 Å². The van der Waals surface area contributed by atoms with Gasteiger partial charge in [-0.1, -0.05) is 37.1 Å². The van der Waals surface area contributed by atoms with Crippen LogP contribution in [0.25, 0.3) is 0 Å².